The average Bonchev–Trinajstić information content (AvgIpc) is 2.80. The zero-order chi connectivity index (χ0) is 15.5. The summed E-state index contributed by atoms with van der Waals surface area (Å²) in [4.78, 5) is 2.99. The van der Waals surface area contributed by atoms with Gasteiger partial charge in [-0.15, -0.1) is 11.3 Å². The number of hydrogen-bond acceptors (Lipinski definition) is 2. The molecule has 1 nitrogen and oxygen atoms in total. The molecule has 0 radical (unpaired) electrons. The molecule has 1 atom stereocenters. The molecule has 1 aromatic heterocycles. The van der Waals surface area contributed by atoms with E-state index in [9.17, 15) is 0 Å². The Morgan fingerprint density at radius 3 is 2.00 bits per heavy atom. The molecule has 1 rings (SSSR count). The van der Waals surface area contributed by atoms with E-state index >= 15 is 0 Å². The van der Waals surface area contributed by atoms with Crippen molar-refractivity contribution in [1.82, 2.24) is 5.32 Å². The molecule has 0 spiro atoms. The maximum absolute atomic E-state index is 3.51. The largest absolute Gasteiger partial charge is 0.312 e. The van der Waals surface area contributed by atoms with Crippen LogP contribution >= 0.6 is 11.3 Å². The van der Waals surface area contributed by atoms with E-state index in [4.69, 9.17) is 0 Å². The van der Waals surface area contributed by atoms with Gasteiger partial charge in [-0.3, -0.25) is 0 Å². The molecule has 0 saturated carbocycles. The molecular formula is C19H35NS. The van der Waals surface area contributed by atoms with E-state index in [1.165, 1.54) is 74.6 Å². The summed E-state index contributed by atoms with van der Waals surface area (Å²) in [5.74, 6) is 0. The molecule has 1 N–H and O–H groups in total. The Morgan fingerprint density at radius 1 is 0.952 bits per heavy atom. The Bertz CT molecular complexity index is 370. The van der Waals surface area contributed by atoms with Gasteiger partial charge in [-0.05, 0) is 38.9 Å². The first kappa shape index (κ1) is 18.7. The minimum absolute atomic E-state index is 0.563. The highest BCUT2D eigenvalue weighted by Gasteiger charge is 2.13. The van der Waals surface area contributed by atoms with Crippen LogP contribution in [0.25, 0.3) is 0 Å². The van der Waals surface area contributed by atoms with Gasteiger partial charge in [-0.2, -0.15) is 0 Å². The fourth-order valence-corrected chi connectivity index (χ4v) is 4.25. The molecular weight excluding hydrogens is 274 g/mol. The van der Waals surface area contributed by atoms with Crippen LogP contribution in [-0.2, 0) is 0 Å². The second kappa shape index (κ2) is 11.3. The van der Waals surface area contributed by atoms with Gasteiger partial charge in [0.1, 0.15) is 0 Å². The van der Waals surface area contributed by atoms with Crippen LogP contribution in [0.1, 0.15) is 92.5 Å². The van der Waals surface area contributed by atoms with Gasteiger partial charge >= 0.3 is 0 Å². The normalized spacial score (nSPS) is 12.8. The Balaban J connectivity index is 2.12. The van der Waals surface area contributed by atoms with Gasteiger partial charge in [0, 0.05) is 15.8 Å². The second-order valence-corrected chi connectivity index (χ2v) is 7.65. The molecule has 0 aliphatic rings. The SMILES string of the molecule is CCCCCCCCCCCC(NC)c1sc(C)cc1C. The van der Waals surface area contributed by atoms with E-state index in [1.807, 2.05) is 11.3 Å². The molecule has 1 unspecified atom stereocenters. The van der Waals surface area contributed by atoms with Crippen molar-refractivity contribution < 1.29 is 0 Å². The summed E-state index contributed by atoms with van der Waals surface area (Å²) < 4.78 is 0. The lowest BCUT2D eigenvalue weighted by molar-refractivity contribution is 0.497. The standard InChI is InChI=1S/C19H35NS/c1-5-6-7-8-9-10-11-12-13-14-18(20-4)19-16(2)15-17(3)21-19/h15,18,20H,5-14H2,1-4H3. The lowest BCUT2D eigenvalue weighted by atomic mass is 10.0. The predicted molar refractivity (Wildman–Crippen MR) is 97.4 cm³/mol. The summed E-state index contributed by atoms with van der Waals surface area (Å²) >= 11 is 1.96. The van der Waals surface area contributed by atoms with Crippen molar-refractivity contribution in [2.45, 2.75) is 91.0 Å². The first-order valence-corrected chi connectivity index (χ1v) is 9.74. The van der Waals surface area contributed by atoms with Gasteiger partial charge in [-0.25, -0.2) is 0 Å². The van der Waals surface area contributed by atoms with Gasteiger partial charge in [0.25, 0.3) is 0 Å². The van der Waals surface area contributed by atoms with E-state index in [2.05, 4.69) is 39.2 Å². The smallest absolute Gasteiger partial charge is 0.0415 e. The number of thiophene rings is 1. The van der Waals surface area contributed by atoms with Crippen LogP contribution in [0, 0.1) is 13.8 Å². The van der Waals surface area contributed by atoms with Crippen molar-refractivity contribution in [3.63, 3.8) is 0 Å². The van der Waals surface area contributed by atoms with Crippen LogP contribution < -0.4 is 5.32 Å². The van der Waals surface area contributed by atoms with Gasteiger partial charge in [0.05, 0.1) is 0 Å². The monoisotopic (exact) mass is 309 g/mol. The molecule has 1 aromatic rings. The lowest BCUT2D eigenvalue weighted by Crippen LogP contribution is -2.15. The summed E-state index contributed by atoms with van der Waals surface area (Å²) in [6.45, 7) is 6.75. The molecule has 0 bridgehead atoms. The van der Waals surface area contributed by atoms with E-state index < -0.39 is 0 Å². The molecule has 0 aromatic carbocycles. The molecule has 2 heteroatoms. The van der Waals surface area contributed by atoms with Crippen LogP contribution in [0.4, 0.5) is 0 Å². The van der Waals surface area contributed by atoms with Crippen LogP contribution in [0.3, 0.4) is 0 Å². The van der Waals surface area contributed by atoms with Gasteiger partial charge < -0.3 is 5.32 Å². The molecule has 0 amide bonds. The number of unbranched alkanes of at least 4 members (excludes halogenated alkanes) is 8. The lowest BCUT2D eigenvalue weighted by Gasteiger charge is -2.15. The van der Waals surface area contributed by atoms with Crippen LogP contribution in [0.15, 0.2) is 6.07 Å². The Kier molecular flexibility index (Phi) is 10.0. The molecule has 122 valence electrons. The van der Waals surface area contributed by atoms with E-state index in [0.717, 1.165) is 0 Å². The van der Waals surface area contributed by atoms with Crippen molar-refractivity contribution in [2.24, 2.45) is 0 Å². The highest BCUT2D eigenvalue weighted by Crippen LogP contribution is 2.30. The van der Waals surface area contributed by atoms with Gasteiger partial charge in [0.2, 0.25) is 0 Å². The molecule has 0 aliphatic carbocycles. The highest BCUT2D eigenvalue weighted by atomic mass is 32.1. The fourth-order valence-electron chi connectivity index (χ4n) is 3.07. The summed E-state index contributed by atoms with van der Waals surface area (Å²) in [5.41, 5.74) is 1.47. The summed E-state index contributed by atoms with van der Waals surface area (Å²) in [6, 6.07) is 2.88. The number of nitrogens with one attached hydrogen (secondary N) is 1. The molecule has 0 saturated heterocycles. The number of hydrogen-bond donors (Lipinski definition) is 1. The topological polar surface area (TPSA) is 12.0 Å². The van der Waals surface area contributed by atoms with Crippen LogP contribution in [-0.4, -0.2) is 7.05 Å². The fraction of sp³-hybridized carbons (Fsp3) is 0.789. The minimum Gasteiger partial charge on any atom is -0.312 e. The quantitative estimate of drug-likeness (QED) is 0.432. The summed E-state index contributed by atoms with van der Waals surface area (Å²) in [5, 5.41) is 3.51. The molecule has 0 fully saturated rings. The molecule has 21 heavy (non-hydrogen) atoms. The third kappa shape index (κ3) is 7.46. The van der Waals surface area contributed by atoms with Crippen molar-refractivity contribution in [3.05, 3.63) is 21.4 Å². The predicted octanol–water partition coefficient (Wildman–Crippen LogP) is 6.55. The average molecular weight is 310 g/mol. The summed E-state index contributed by atoms with van der Waals surface area (Å²) in [6.07, 6.45) is 14.0. The Labute approximate surface area is 136 Å². The molecule has 1 heterocycles. The van der Waals surface area contributed by atoms with Crippen molar-refractivity contribution >= 4 is 11.3 Å². The second-order valence-electron chi connectivity index (χ2n) is 6.36. The van der Waals surface area contributed by atoms with Crippen LogP contribution in [0.2, 0.25) is 0 Å². The zero-order valence-electron chi connectivity index (χ0n) is 14.6. The van der Waals surface area contributed by atoms with Gasteiger partial charge in [-0.1, -0.05) is 64.7 Å². The maximum atomic E-state index is 3.51. The van der Waals surface area contributed by atoms with Crippen molar-refractivity contribution in [3.8, 4) is 0 Å². The third-order valence-electron chi connectivity index (χ3n) is 4.34. The van der Waals surface area contributed by atoms with Crippen molar-refractivity contribution in [1.29, 1.82) is 0 Å². The Hall–Kier alpha value is -0.340. The first-order valence-electron chi connectivity index (χ1n) is 8.93. The van der Waals surface area contributed by atoms with E-state index in [0.29, 0.717) is 6.04 Å². The Morgan fingerprint density at radius 2 is 1.52 bits per heavy atom. The van der Waals surface area contributed by atoms with E-state index in [1.54, 1.807) is 4.88 Å². The maximum Gasteiger partial charge on any atom is 0.0415 e. The number of aryl methyl sites for hydroxylation is 2. The first-order chi connectivity index (χ1) is 10.2. The zero-order valence-corrected chi connectivity index (χ0v) is 15.5. The van der Waals surface area contributed by atoms with E-state index in [-0.39, 0.29) is 0 Å². The van der Waals surface area contributed by atoms with Crippen molar-refractivity contribution in [2.75, 3.05) is 7.05 Å². The minimum atomic E-state index is 0.563. The highest BCUT2D eigenvalue weighted by molar-refractivity contribution is 7.12. The van der Waals surface area contributed by atoms with Gasteiger partial charge in [0.15, 0.2) is 0 Å². The number of rotatable bonds is 12. The molecule has 0 aliphatic heterocycles. The third-order valence-corrected chi connectivity index (χ3v) is 5.61. The summed E-state index contributed by atoms with van der Waals surface area (Å²) in [7, 11) is 2.10. The van der Waals surface area contributed by atoms with Crippen LogP contribution in [0.5, 0.6) is 0 Å².